The van der Waals surface area contributed by atoms with Crippen LogP contribution < -0.4 is 9.41 Å². The van der Waals surface area contributed by atoms with Gasteiger partial charge >= 0.3 is 8.16 Å². The zero-order chi connectivity index (χ0) is 45.8. The van der Waals surface area contributed by atoms with E-state index >= 15 is 0 Å². The third kappa shape index (κ3) is 8.31. The molecule has 7 rings (SSSR count). The van der Waals surface area contributed by atoms with Gasteiger partial charge in [0.2, 0.25) is 8.01 Å². The monoisotopic (exact) mass is 880 g/mol. The molecule has 0 N–H and O–H groups in total. The average molecular weight is 880 g/mol. The number of rotatable bonds is 4. The van der Waals surface area contributed by atoms with E-state index in [9.17, 15) is 0 Å². The maximum absolute atomic E-state index is 7.83. The number of ether oxygens (including phenoxy) is 1. The highest BCUT2D eigenvalue weighted by molar-refractivity contribution is 7.39. The van der Waals surface area contributed by atoms with Crippen molar-refractivity contribution in [2.75, 3.05) is 18.8 Å². The molecule has 0 saturated carbocycles. The molecule has 0 fully saturated rings. The molecule has 0 radical (unpaired) electrons. The summed E-state index contributed by atoms with van der Waals surface area (Å²) in [7, 11) is 0.763. The standard InChI is InChI=1S/C54H75NO5P2/c1-30(2)36-29-45(31(3)4)55(19)62-59-48-40(27-35(56-20)28-43(48)53(14,15)16)39-23-34(7)26-44(49(39)60-62)54(17,18)50(36)61-57-46-37(21-32(5)24-41(46)51(8,9)10)38-22-33(6)25-42(47(38)58-61)52(11,12)13/h21-28,30-31,36,45,50H,29H2,1-20H3/t36-,45-,50?,62?/m0/s1. The lowest BCUT2D eigenvalue weighted by Gasteiger charge is -2.43. The summed E-state index contributed by atoms with van der Waals surface area (Å²) in [4.78, 5) is 0. The Morgan fingerprint density at radius 3 is 1.47 bits per heavy atom. The van der Waals surface area contributed by atoms with Crippen molar-refractivity contribution >= 4 is 60.1 Å². The summed E-state index contributed by atoms with van der Waals surface area (Å²) in [5.41, 5.74) is 10.8. The molecule has 6 aromatic rings. The molecule has 4 aromatic carbocycles. The van der Waals surface area contributed by atoms with E-state index in [1.165, 1.54) is 27.8 Å². The Morgan fingerprint density at radius 2 is 1.02 bits per heavy atom. The van der Waals surface area contributed by atoms with E-state index in [4.69, 9.17) is 21.5 Å². The van der Waals surface area contributed by atoms with Gasteiger partial charge in [-0.2, -0.15) is 0 Å². The fraction of sp³-hybridized carbons (Fsp3) is 0.556. The molecule has 2 aromatic heterocycles. The molecule has 1 aliphatic rings. The van der Waals surface area contributed by atoms with Crippen molar-refractivity contribution in [1.29, 1.82) is 0 Å². The molecule has 62 heavy (non-hydrogen) atoms. The summed E-state index contributed by atoms with van der Waals surface area (Å²) >= 11 is 0. The maximum atomic E-state index is 7.83. The van der Waals surface area contributed by atoms with Crippen LogP contribution in [-0.2, 0) is 21.7 Å². The lowest BCUT2D eigenvalue weighted by molar-refractivity contribution is 0.221. The number of fused-ring (bicyclic) bond motifs is 6. The number of methoxy groups -OCH3 is 1. The molecular weight excluding hydrogens is 805 g/mol. The third-order valence-electron chi connectivity index (χ3n) is 13.6. The van der Waals surface area contributed by atoms with Crippen LogP contribution in [0.4, 0.5) is 0 Å². The summed E-state index contributed by atoms with van der Waals surface area (Å²) in [6.07, 6.45) is 0.923. The van der Waals surface area contributed by atoms with E-state index in [-0.39, 0.29) is 33.9 Å². The number of hydrogen-bond donors (Lipinski definition) is 0. The van der Waals surface area contributed by atoms with Crippen LogP contribution in [0, 0.1) is 38.5 Å². The molecule has 8 heteroatoms. The van der Waals surface area contributed by atoms with Crippen molar-refractivity contribution in [2.24, 2.45) is 17.8 Å². The van der Waals surface area contributed by atoms with Crippen LogP contribution in [0.25, 0.3) is 43.9 Å². The summed E-state index contributed by atoms with van der Waals surface area (Å²) in [5.74, 6) is 1.63. The zero-order valence-corrected chi connectivity index (χ0v) is 43.4. The van der Waals surface area contributed by atoms with Crippen LogP contribution in [0.5, 0.6) is 5.75 Å². The topological polar surface area (TPSA) is 65.0 Å². The first kappa shape index (κ1) is 46.4. The fourth-order valence-corrected chi connectivity index (χ4v) is 14.2. The first-order chi connectivity index (χ1) is 28.6. The van der Waals surface area contributed by atoms with Gasteiger partial charge in [-0.3, -0.25) is 0 Å². The van der Waals surface area contributed by atoms with Gasteiger partial charge in [0.25, 0.3) is 0 Å². The Kier molecular flexibility index (Phi) is 12.1. The summed E-state index contributed by atoms with van der Waals surface area (Å²) < 4.78 is 39.0. The molecule has 4 atom stereocenters. The van der Waals surface area contributed by atoms with Gasteiger partial charge < -0.3 is 21.5 Å². The SMILES string of the molecule is COc1cc(C(C)(C)C)c2op3oc4c(cc(C)cc4c2c1)C(C)(C)C(p1oc2c(C(C)(C)C)cc(C)cc2c2cc(C)cc(C(C)(C)C)c2o1)[C@H](C(C)C)C[C@@H](C(C)C)N3C. The van der Waals surface area contributed by atoms with E-state index < -0.39 is 21.6 Å². The van der Waals surface area contributed by atoms with Crippen LogP contribution in [0.2, 0.25) is 0 Å². The highest BCUT2D eigenvalue weighted by Crippen LogP contribution is 2.62. The minimum absolute atomic E-state index is 0.0629. The van der Waals surface area contributed by atoms with Gasteiger partial charge in [-0.05, 0) is 108 Å². The minimum Gasteiger partial charge on any atom is -0.497 e. The molecule has 6 nitrogen and oxygen atoms in total. The molecule has 3 heterocycles. The number of aryl methyl sites for hydroxylation is 3. The van der Waals surface area contributed by atoms with Crippen molar-refractivity contribution in [3.05, 3.63) is 87.5 Å². The molecule has 2 unspecified atom stereocenters. The molecule has 336 valence electrons. The van der Waals surface area contributed by atoms with Crippen LogP contribution in [0.3, 0.4) is 0 Å². The van der Waals surface area contributed by atoms with Crippen molar-refractivity contribution in [3.8, 4) is 5.75 Å². The summed E-state index contributed by atoms with van der Waals surface area (Å²) in [6.45, 7) is 41.6. The Hall–Kier alpha value is -3.56. The van der Waals surface area contributed by atoms with E-state index in [0.717, 1.165) is 67.2 Å². The second-order valence-electron chi connectivity index (χ2n) is 23.0. The normalized spacial score (nSPS) is 19.4. The van der Waals surface area contributed by atoms with Crippen molar-refractivity contribution in [3.63, 3.8) is 0 Å². The van der Waals surface area contributed by atoms with E-state index in [1.807, 2.05) is 0 Å². The Balaban J connectivity index is 1.75. The molecule has 0 saturated heterocycles. The molecule has 1 aliphatic heterocycles. The van der Waals surface area contributed by atoms with Crippen LogP contribution in [0.1, 0.15) is 155 Å². The zero-order valence-electron chi connectivity index (χ0n) is 41.6. The average Bonchev–Trinajstić information content (AvgIpc) is 3.40. The molecule has 0 spiro atoms. The van der Waals surface area contributed by atoms with E-state index in [2.05, 4.69) is 185 Å². The van der Waals surface area contributed by atoms with E-state index in [1.54, 1.807) is 7.11 Å². The molecule has 0 aliphatic carbocycles. The maximum Gasteiger partial charge on any atom is 0.309 e. The molecular formula is C54H75NO5P2. The number of nitrogens with zero attached hydrogens (tertiary/aromatic N) is 1. The first-order valence-electron chi connectivity index (χ1n) is 22.9. The predicted octanol–water partition coefficient (Wildman–Crippen LogP) is 17.5. The first-order valence-corrected chi connectivity index (χ1v) is 25.2. The number of hydrogen-bond acceptors (Lipinski definition) is 6. The fourth-order valence-electron chi connectivity index (χ4n) is 10.1. The Morgan fingerprint density at radius 1 is 0.597 bits per heavy atom. The third-order valence-corrected chi connectivity index (χ3v) is 17.3. The van der Waals surface area contributed by atoms with Crippen molar-refractivity contribution in [2.45, 2.75) is 164 Å². The summed E-state index contributed by atoms with van der Waals surface area (Å²) in [5, 5.41) is 4.29. The molecule has 0 amide bonds. The molecule has 2 bridgehead atoms. The highest BCUT2D eigenvalue weighted by atomic mass is 31.1. The highest BCUT2D eigenvalue weighted by Gasteiger charge is 2.47. The van der Waals surface area contributed by atoms with Gasteiger partial charge in [0, 0.05) is 62.3 Å². The van der Waals surface area contributed by atoms with Crippen LogP contribution >= 0.6 is 16.2 Å². The predicted molar refractivity (Wildman–Crippen MR) is 267 cm³/mol. The van der Waals surface area contributed by atoms with Crippen LogP contribution in [-0.4, -0.2) is 20.2 Å². The second kappa shape index (κ2) is 16.2. The van der Waals surface area contributed by atoms with Gasteiger partial charge in [-0.25, -0.2) is 4.67 Å². The quantitative estimate of drug-likeness (QED) is 0.176. The van der Waals surface area contributed by atoms with Crippen molar-refractivity contribution in [1.82, 2.24) is 0 Å². The number of benzene rings is 4. The van der Waals surface area contributed by atoms with E-state index in [0.29, 0.717) is 11.8 Å². The second-order valence-corrected chi connectivity index (χ2v) is 25.9. The largest absolute Gasteiger partial charge is 0.497 e. The Bertz CT molecular complexity index is 2690. The van der Waals surface area contributed by atoms with Gasteiger partial charge in [-0.1, -0.05) is 122 Å². The lowest BCUT2D eigenvalue weighted by Crippen LogP contribution is -2.41. The van der Waals surface area contributed by atoms with Gasteiger partial charge in [0.05, 0.1) is 12.8 Å². The minimum atomic E-state index is -1.64. The smallest absolute Gasteiger partial charge is 0.309 e. The van der Waals surface area contributed by atoms with Gasteiger partial charge in [-0.15, -0.1) is 0 Å². The summed E-state index contributed by atoms with van der Waals surface area (Å²) in [6, 6.07) is 18.4. The Labute approximate surface area is 374 Å². The lowest BCUT2D eigenvalue weighted by atomic mass is 9.70. The van der Waals surface area contributed by atoms with Crippen LogP contribution in [0.15, 0.2) is 65.3 Å². The van der Waals surface area contributed by atoms with Gasteiger partial charge in [0.1, 0.15) is 28.1 Å². The van der Waals surface area contributed by atoms with Crippen molar-refractivity contribution < 1.29 is 21.5 Å². The van der Waals surface area contributed by atoms with Gasteiger partial charge in [0.15, 0.2) is 0 Å².